The van der Waals surface area contributed by atoms with Gasteiger partial charge in [-0.1, -0.05) is 24.3 Å². The molecule has 2 heterocycles. The van der Waals surface area contributed by atoms with Gasteiger partial charge in [-0.3, -0.25) is 14.5 Å². The summed E-state index contributed by atoms with van der Waals surface area (Å²) in [6.07, 6.45) is 0. The number of esters is 1. The van der Waals surface area contributed by atoms with E-state index in [0.717, 1.165) is 11.1 Å². The minimum atomic E-state index is -1.09. The van der Waals surface area contributed by atoms with E-state index in [2.05, 4.69) is 0 Å². The van der Waals surface area contributed by atoms with Crippen molar-refractivity contribution < 1.29 is 24.4 Å². The Labute approximate surface area is 141 Å². The van der Waals surface area contributed by atoms with Crippen LogP contribution in [0.2, 0.25) is 0 Å². The quantitative estimate of drug-likeness (QED) is 0.632. The molecule has 0 spiro atoms. The molecule has 0 radical (unpaired) electrons. The van der Waals surface area contributed by atoms with Crippen LogP contribution in [-0.2, 0) is 19.1 Å². The normalized spacial score (nSPS) is 32.2. The number of carbonyl (C=O) groups excluding carboxylic acids is 3. The van der Waals surface area contributed by atoms with Crippen LogP contribution in [0.3, 0.4) is 0 Å². The third-order valence-corrected chi connectivity index (χ3v) is 5.49. The van der Waals surface area contributed by atoms with Crippen molar-refractivity contribution in [3.05, 3.63) is 35.4 Å². The summed E-state index contributed by atoms with van der Waals surface area (Å²) in [7, 11) is 1.32. The highest BCUT2D eigenvalue weighted by Gasteiger charge is 2.70. The number of rotatable bonds is 3. The number of hydrogen-bond donors (Lipinski definition) is 1. The maximum atomic E-state index is 12.9. The number of likely N-dealkylation sites (tertiary alicyclic amines) is 1. The number of imide groups is 1. The van der Waals surface area contributed by atoms with Crippen LogP contribution in [0.1, 0.15) is 31.0 Å². The van der Waals surface area contributed by atoms with Crippen LogP contribution >= 0.6 is 0 Å². The summed E-state index contributed by atoms with van der Waals surface area (Å²) in [4.78, 5) is 39.4. The van der Waals surface area contributed by atoms with Crippen LogP contribution in [0.5, 0.6) is 0 Å². The zero-order valence-electron chi connectivity index (χ0n) is 14.4. The van der Waals surface area contributed by atoms with E-state index in [1.54, 1.807) is 13.8 Å². The van der Waals surface area contributed by atoms with E-state index >= 15 is 0 Å². The zero-order valence-corrected chi connectivity index (χ0v) is 14.4. The first-order valence-corrected chi connectivity index (χ1v) is 8.22. The molecule has 0 unspecified atom stereocenters. The molecule has 6 nitrogen and oxygen atoms in total. The van der Waals surface area contributed by atoms with Crippen molar-refractivity contribution in [3.8, 4) is 0 Å². The minimum Gasteiger partial charge on any atom is -0.464 e. The number of aryl methyl sites for hydroxylation is 1. The van der Waals surface area contributed by atoms with Gasteiger partial charge in [-0.25, -0.2) is 4.79 Å². The number of carbonyl (C=O) groups is 3. The zero-order chi connectivity index (χ0) is 17.6. The topological polar surface area (TPSA) is 80.3 Å². The highest BCUT2D eigenvalue weighted by atomic mass is 16.5. The molecule has 4 atom stereocenters. The number of hydrogen-bond acceptors (Lipinski definition) is 4. The van der Waals surface area contributed by atoms with Crippen molar-refractivity contribution in [2.24, 2.45) is 11.8 Å². The molecule has 0 saturated carbocycles. The van der Waals surface area contributed by atoms with Crippen LogP contribution in [0, 0.1) is 18.8 Å². The first kappa shape index (κ1) is 16.6. The molecule has 2 aliphatic rings. The van der Waals surface area contributed by atoms with Gasteiger partial charge in [-0.2, -0.15) is 0 Å². The summed E-state index contributed by atoms with van der Waals surface area (Å²) < 4.78 is 4.96. The molecule has 2 fully saturated rings. The molecule has 1 aromatic rings. The van der Waals surface area contributed by atoms with Crippen molar-refractivity contribution in [3.63, 3.8) is 0 Å². The maximum absolute atomic E-state index is 12.9. The average molecular weight is 331 g/mol. The van der Waals surface area contributed by atoms with Gasteiger partial charge in [-0.05, 0) is 19.4 Å². The van der Waals surface area contributed by atoms with Gasteiger partial charge >= 0.3 is 5.97 Å². The van der Waals surface area contributed by atoms with E-state index in [1.807, 2.05) is 36.5 Å². The smallest absolute Gasteiger partial charge is 0.368 e. The number of benzene rings is 1. The molecule has 6 heteroatoms. The van der Waals surface area contributed by atoms with Gasteiger partial charge in [0.15, 0.2) is 0 Å². The SMILES string of the molecule is CCN1C(=O)[C@@H]2[C@@H](c3ccccc3C)[NH2+][C@@](C)(C(=O)OC)[C@@H]2C1=O. The number of nitrogens with zero attached hydrogens (tertiary/aromatic N) is 1. The fourth-order valence-electron chi connectivity index (χ4n) is 4.29. The van der Waals surface area contributed by atoms with Crippen molar-refractivity contribution in [1.29, 1.82) is 0 Å². The molecule has 2 aliphatic heterocycles. The lowest BCUT2D eigenvalue weighted by atomic mass is 9.80. The Morgan fingerprint density at radius 1 is 1.29 bits per heavy atom. The molecule has 2 amide bonds. The third-order valence-electron chi connectivity index (χ3n) is 5.49. The molecule has 0 aliphatic carbocycles. The van der Waals surface area contributed by atoms with E-state index in [9.17, 15) is 14.4 Å². The summed E-state index contributed by atoms with van der Waals surface area (Å²) in [6, 6.07) is 7.52. The van der Waals surface area contributed by atoms with Gasteiger partial charge in [0.2, 0.25) is 17.4 Å². The molecule has 1 aromatic carbocycles. The van der Waals surface area contributed by atoms with Gasteiger partial charge in [-0.15, -0.1) is 0 Å². The molecular formula is C18H23N2O4+. The Bertz CT molecular complexity index is 717. The summed E-state index contributed by atoms with van der Waals surface area (Å²) in [5.41, 5.74) is 0.935. The van der Waals surface area contributed by atoms with E-state index in [0.29, 0.717) is 6.54 Å². The number of amides is 2. The van der Waals surface area contributed by atoms with E-state index in [-0.39, 0.29) is 17.9 Å². The van der Waals surface area contributed by atoms with E-state index in [1.165, 1.54) is 12.0 Å². The van der Waals surface area contributed by atoms with Crippen molar-refractivity contribution >= 4 is 17.8 Å². The molecule has 2 saturated heterocycles. The second-order valence-electron chi connectivity index (χ2n) is 6.75. The second-order valence-corrected chi connectivity index (χ2v) is 6.75. The lowest BCUT2D eigenvalue weighted by molar-refractivity contribution is -0.731. The molecular weight excluding hydrogens is 308 g/mol. The lowest BCUT2D eigenvalue weighted by Crippen LogP contribution is -2.97. The predicted octanol–water partition coefficient (Wildman–Crippen LogP) is 0.166. The summed E-state index contributed by atoms with van der Waals surface area (Å²) >= 11 is 0. The van der Waals surface area contributed by atoms with Crippen molar-refractivity contribution in [2.45, 2.75) is 32.4 Å². The molecule has 0 aromatic heterocycles. The fraction of sp³-hybridized carbons (Fsp3) is 0.500. The van der Waals surface area contributed by atoms with Crippen LogP contribution in [0.25, 0.3) is 0 Å². The lowest BCUT2D eigenvalue weighted by Gasteiger charge is -2.25. The highest BCUT2D eigenvalue weighted by molar-refractivity contribution is 6.08. The van der Waals surface area contributed by atoms with Crippen LogP contribution in [-0.4, -0.2) is 41.9 Å². The van der Waals surface area contributed by atoms with Crippen molar-refractivity contribution in [1.82, 2.24) is 4.90 Å². The number of ether oxygens (including phenoxy) is 1. The van der Waals surface area contributed by atoms with Gasteiger partial charge in [0, 0.05) is 19.0 Å². The molecule has 24 heavy (non-hydrogen) atoms. The minimum absolute atomic E-state index is 0.190. The second kappa shape index (κ2) is 5.70. The largest absolute Gasteiger partial charge is 0.464 e. The average Bonchev–Trinajstić information content (AvgIpc) is 3.02. The third kappa shape index (κ3) is 2.09. The molecule has 3 rings (SSSR count). The van der Waals surface area contributed by atoms with Gasteiger partial charge in [0.05, 0.1) is 7.11 Å². The number of quaternary nitrogens is 1. The monoisotopic (exact) mass is 331 g/mol. The van der Waals surface area contributed by atoms with Crippen LogP contribution in [0.4, 0.5) is 0 Å². The Hall–Kier alpha value is -2.21. The number of fused-ring (bicyclic) bond motifs is 1. The molecule has 128 valence electrons. The van der Waals surface area contributed by atoms with E-state index < -0.39 is 23.3 Å². The van der Waals surface area contributed by atoms with Gasteiger partial charge in [0.1, 0.15) is 17.9 Å². The van der Waals surface area contributed by atoms with Gasteiger partial charge in [0.25, 0.3) is 0 Å². The number of methoxy groups -OCH3 is 1. The Balaban J connectivity index is 2.13. The first-order chi connectivity index (χ1) is 11.4. The molecule has 2 N–H and O–H groups in total. The highest BCUT2D eigenvalue weighted by Crippen LogP contribution is 2.44. The Morgan fingerprint density at radius 3 is 2.54 bits per heavy atom. The fourth-order valence-corrected chi connectivity index (χ4v) is 4.29. The van der Waals surface area contributed by atoms with Crippen LogP contribution < -0.4 is 5.32 Å². The predicted molar refractivity (Wildman–Crippen MR) is 85.6 cm³/mol. The first-order valence-electron chi connectivity index (χ1n) is 8.22. The summed E-state index contributed by atoms with van der Waals surface area (Å²) in [5, 5.41) is 1.85. The van der Waals surface area contributed by atoms with Crippen LogP contribution in [0.15, 0.2) is 24.3 Å². The van der Waals surface area contributed by atoms with E-state index in [4.69, 9.17) is 4.74 Å². The van der Waals surface area contributed by atoms with Crippen molar-refractivity contribution in [2.75, 3.05) is 13.7 Å². The summed E-state index contributed by atoms with van der Waals surface area (Å²) in [5.74, 6) is -2.16. The number of nitrogens with two attached hydrogens (primary N) is 1. The Kier molecular flexibility index (Phi) is 3.95. The van der Waals surface area contributed by atoms with Gasteiger partial charge < -0.3 is 10.1 Å². The summed E-state index contributed by atoms with van der Waals surface area (Å²) in [6.45, 7) is 5.78. The Morgan fingerprint density at radius 2 is 1.96 bits per heavy atom. The molecule has 0 bridgehead atoms. The maximum Gasteiger partial charge on any atom is 0.368 e. The standard InChI is InChI=1S/C18H22N2O4/c1-5-20-15(21)12-13(16(20)22)18(3,17(23)24-4)19-14(12)11-9-7-6-8-10(11)2/h6-9,12-14,19H,5H2,1-4H3/p+1/t12-,13-,14+,18+/m0/s1.